The van der Waals surface area contributed by atoms with Crippen LogP contribution in [0.5, 0.6) is 5.75 Å². The van der Waals surface area contributed by atoms with Gasteiger partial charge < -0.3 is 47.7 Å². The molecule has 41 heavy (non-hydrogen) atoms. The van der Waals surface area contributed by atoms with Crippen molar-refractivity contribution in [2.45, 2.75) is 43.4 Å². The molecular formula is C27H32N6O8. The molecule has 14 heteroatoms. The number of aliphatic carboxylic acids is 1. The quantitative estimate of drug-likeness (QED) is 0.108. The number of carboxylic acid groups (broad SMARTS) is 1. The minimum atomic E-state index is -1.56. The number of nitrogens with two attached hydrogens (primary N) is 2. The first-order valence-electron chi connectivity index (χ1n) is 12.6. The number of phenolic OH excluding ortho intramolecular Hbond substituents is 1. The van der Waals surface area contributed by atoms with Gasteiger partial charge in [0.25, 0.3) is 0 Å². The second kappa shape index (κ2) is 13.9. The van der Waals surface area contributed by atoms with E-state index in [1.54, 1.807) is 18.3 Å². The number of fused-ring (bicyclic) bond motifs is 1. The highest BCUT2D eigenvalue weighted by Gasteiger charge is 2.31. The number of benzene rings is 2. The molecule has 0 aliphatic heterocycles. The summed E-state index contributed by atoms with van der Waals surface area (Å²) < 4.78 is 0. The Bertz CT molecular complexity index is 1410. The molecule has 0 saturated heterocycles. The van der Waals surface area contributed by atoms with Gasteiger partial charge in [0.15, 0.2) is 0 Å². The van der Waals surface area contributed by atoms with Crippen molar-refractivity contribution < 1.29 is 39.3 Å². The summed E-state index contributed by atoms with van der Waals surface area (Å²) >= 11 is 0. The lowest BCUT2D eigenvalue weighted by Gasteiger charge is -2.24. The fraction of sp³-hybridized carbons (Fsp3) is 0.296. The number of aliphatic hydroxyl groups excluding tert-OH is 1. The molecule has 3 aromatic rings. The first-order chi connectivity index (χ1) is 19.5. The molecule has 11 N–H and O–H groups in total. The molecular weight excluding hydrogens is 536 g/mol. The van der Waals surface area contributed by atoms with Gasteiger partial charge in [-0.1, -0.05) is 30.3 Å². The van der Waals surface area contributed by atoms with Crippen LogP contribution < -0.4 is 27.4 Å². The molecule has 4 amide bonds. The third-order valence-corrected chi connectivity index (χ3v) is 6.30. The van der Waals surface area contributed by atoms with Gasteiger partial charge in [-0.3, -0.25) is 19.2 Å². The van der Waals surface area contributed by atoms with Crippen LogP contribution in [0.4, 0.5) is 0 Å². The Kier molecular flexibility index (Phi) is 10.4. The molecule has 0 spiro atoms. The van der Waals surface area contributed by atoms with Crippen LogP contribution in [0.15, 0.2) is 54.7 Å². The predicted molar refractivity (Wildman–Crippen MR) is 146 cm³/mol. The van der Waals surface area contributed by atoms with Crippen LogP contribution in [0.1, 0.15) is 17.5 Å². The monoisotopic (exact) mass is 568 g/mol. The summed E-state index contributed by atoms with van der Waals surface area (Å²) in [7, 11) is 0. The summed E-state index contributed by atoms with van der Waals surface area (Å²) in [5, 5.41) is 37.0. The number of rotatable bonds is 14. The van der Waals surface area contributed by atoms with E-state index >= 15 is 0 Å². The van der Waals surface area contributed by atoms with Crippen molar-refractivity contribution in [1.29, 1.82) is 0 Å². The van der Waals surface area contributed by atoms with Crippen LogP contribution in [-0.2, 0) is 36.8 Å². The largest absolute Gasteiger partial charge is 0.508 e. The number of aromatic hydroxyl groups is 1. The number of primary amides is 1. The predicted octanol–water partition coefficient (Wildman–Crippen LogP) is -1.61. The van der Waals surface area contributed by atoms with Crippen molar-refractivity contribution >= 4 is 40.5 Å². The van der Waals surface area contributed by atoms with E-state index in [1.807, 2.05) is 12.1 Å². The van der Waals surface area contributed by atoms with Gasteiger partial charge in [-0.2, -0.15) is 0 Å². The number of nitrogens with one attached hydrogen (secondary N) is 4. The first kappa shape index (κ1) is 30.6. The maximum absolute atomic E-state index is 13.2. The fourth-order valence-electron chi connectivity index (χ4n) is 4.12. The highest BCUT2D eigenvalue weighted by atomic mass is 16.4. The number of hydrogen-bond acceptors (Lipinski definition) is 8. The van der Waals surface area contributed by atoms with E-state index in [1.165, 1.54) is 24.3 Å². The normalized spacial score (nSPS) is 13.9. The number of amides is 4. The molecule has 4 unspecified atom stereocenters. The highest BCUT2D eigenvalue weighted by Crippen LogP contribution is 2.19. The van der Waals surface area contributed by atoms with Crippen LogP contribution in [0.3, 0.4) is 0 Å². The minimum Gasteiger partial charge on any atom is -0.508 e. The molecule has 1 heterocycles. The number of para-hydroxylation sites is 1. The number of aromatic amines is 1. The summed E-state index contributed by atoms with van der Waals surface area (Å²) in [5.74, 6) is -4.90. The second-order valence-corrected chi connectivity index (χ2v) is 9.42. The molecule has 3 rings (SSSR count). The van der Waals surface area contributed by atoms with Crippen LogP contribution >= 0.6 is 0 Å². The molecule has 0 saturated carbocycles. The number of carbonyl (C=O) groups excluding carboxylic acids is 4. The van der Waals surface area contributed by atoms with Crippen molar-refractivity contribution in [2.24, 2.45) is 11.5 Å². The molecule has 0 bridgehead atoms. The standard InChI is InChI=1S/C27H32N6O8/c28-18(11-23(29)36)24(37)31-20(9-14-5-7-16(35)8-6-14)25(38)33-22(13-34)26(39)32-21(27(40)41)10-15-12-30-19-4-2-1-3-17(15)19/h1-8,12,18,20-22,30,34-35H,9-11,13,28H2,(H2,29,36)(H,31,37)(H,32,39)(H,33,38)(H,40,41). The smallest absolute Gasteiger partial charge is 0.326 e. The Morgan fingerprint density at radius 1 is 0.829 bits per heavy atom. The molecule has 4 atom stereocenters. The third kappa shape index (κ3) is 8.52. The van der Waals surface area contributed by atoms with Crippen molar-refractivity contribution in [1.82, 2.24) is 20.9 Å². The molecule has 0 radical (unpaired) electrons. The Balaban J connectivity index is 1.73. The van der Waals surface area contributed by atoms with Crippen LogP contribution in [0.25, 0.3) is 10.9 Å². The zero-order chi connectivity index (χ0) is 30.1. The van der Waals surface area contributed by atoms with Gasteiger partial charge in [-0.25, -0.2) is 4.79 Å². The lowest BCUT2D eigenvalue weighted by Crippen LogP contribution is -2.58. The average molecular weight is 569 g/mol. The van der Waals surface area contributed by atoms with Crippen LogP contribution in [-0.4, -0.2) is 80.7 Å². The molecule has 1 aromatic heterocycles. The van der Waals surface area contributed by atoms with E-state index in [9.17, 15) is 39.3 Å². The maximum atomic E-state index is 13.2. The molecule has 14 nitrogen and oxygen atoms in total. The Hall–Kier alpha value is -4.95. The topological polar surface area (TPSA) is 250 Å². The number of H-pyrrole nitrogens is 1. The number of aromatic nitrogens is 1. The van der Waals surface area contributed by atoms with E-state index in [-0.39, 0.29) is 18.6 Å². The van der Waals surface area contributed by atoms with E-state index in [0.29, 0.717) is 11.1 Å². The van der Waals surface area contributed by atoms with Gasteiger partial charge in [-0.15, -0.1) is 0 Å². The van der Waals surface area contributed by atoms with Gasteiger partial charge in [0.05, 0.1) is 19.1 Å². The zero-order valence-corrected chi connectivity index (χ0v) is 21.9. The van der Waals surface area contributed by atoms with Gasteiger partial charge >= 0.3 is 5.97 Å². The Labute approximate surface area is 234 Å². The van der Waals surface area contributed by atoms with Crippen molar-refractivity contribution in [3.63, 3.8) is 0 Å². The average Bonchev–Trinajstić information content (AvgIpc) is 3.34. The van der Waals surface area contributed by atoms with Gasteiger partial charge in [0.2, 0.25) is 23.6 Å². The third-order valence-electron chi connectivity index (χ3n) is 6.30. The van der Waals surface area contributed by atoms with Crippen molar-refractivity contribution in [3.05, 3.63) is 65.9 Å². The lowest BCUT2D eigenvalue weighted by atomic mass is 10.0. The fourth-order valence-corrected chi connectivity index (χ4v) is 4.12. The summed E-state index contributed by atoms with van der Waals surface area (Å²) in [6.45, 7) is -0.877. The van der Waals surface area contributed by atoms with E-state index in [4.69, 9.17) is 11.5 Å². The summed E-state index contributed by atoms with van der Waals surface area (Å²) in [6.07, 6.45) is 0.972. The second-order valence-electron chi connectivity index (χ2n) is 9.42. The molecule has 2 aromatic carbocycles. The number of aliphatic hydroxyl groups is 1. The van der Waals surface area contributed by atoms with Gasteiger partial charge in [-0.05, 0) is 29.3 Å². The summed E-state index contributed by atoms with van der Waals surface area (Å²) in [5.41, 5.74) is 12.7. The van der Waals surface area contributed by atoms with E-state index in [2.05, 4.69) is 20.9 Å². The molecule has 0 aliphatic rings. The molecule has 0 fully saturated rings. The summed E-state index contributed by atoms with van der Waals surface area (Å²) in [4.78, 5) is 64.8. The van der Waals surface area contributed by atoms with Gasteiger partial charge in [0.1, 0.15) is 23.9 Å². The zero-order valence-electron chi connectivity index (χ0n) is 21.9. The van der Waals surface area contributed by atoms with Crippen molar-refractivity contribution in [3.8, 4) is 5.75 Å². The van der Waals surface area contributed by atoms with Crippen molar-refractivity contribution in [2.75, 3.05) is 6.61 Å². The van der Waals surface area contributed by atoms with Gasteiger partial charge in [0, 0.05) is 29.9 Å². The number of phenols is 1. The number of hydrogen-bond donors (Lipinski definition) is 9. The van der Waals surface area contributed by atoms with Crippen LogP contribution in [0, 0.1) is 0 Å². The first-order valence-corrected chi connectivity index (χ1v) is 12.6. The minimum absolute atomic E-state index is 0.0279. The molecule has 218 valence electrons. The summed E-state index contributed by atoms with van der Waals surface area (Å²) in [6, 6.07) is 7.36. The number of carbonyl (C=O) groups is 5. The Morgan fingerprint density at radius 3 is 2.07 bits per heavy atom. The Morgan fingerprint density at radius 2 is 1.44 bits per heavy atom. The maximum Gasteiger partial charge on any atom is 0.326 e. The van der Waals surface area contributed by atoms with E-state index in [0.717, 1.165) is 10.9 Å². The molecule has 0 aliphatic carbocycles. The highest BCUT2D eigenvalue weighted by molar-refractivity contribution is 5.95. The van der Waals surface area contributed by atoms with Crippen LogP contribution in [0.2, 0.25) is 0 Å². The lowest BCUT2D eigenvalue weighted by molar-refractivity contribution is -0.142. The van der Waals surface area contributed by atoms with E-state index < -0.39 is 66.8 Å². The number of carboxylic acids is 1. The SMILES string of the molecule is NC(=O)CC(N)C(=O)NC(Cc1ccc(O)cc1)C(=O)NC(CO)C(=O)NC(Cc1c[nH]c2ccccc12)C(=O)O.